The molecule has 0 unspecified atom stereocenters. The molecule has 0 radical (unpaired) electrons. The molecule has 148 valence electrons. The van der Waals surface area contributed by atoms with Gasteiger partial charge in [-0.15, -0.1) is 0 Å². The Morgan fingerprint density at radius 3 is 2.19 bits per heavy atom. The second-order valence-electron chi connectivity index (χ2n) is 9.52. The van der Waals surface area contributed by atoms with Crippen molar-refractivity contribution >= 4 is 17.5 Å². The minimum atomic E-state index is -0.263. The van der Waals surface area contributed by atoms with E-state index in [1.54, 1.807) is 0 Å². The van der Waals surface area contributed by atoms with Crippen LogP contribution in [-0.4, -0.2) is 36.3 Å². The van der Waals surface area contributed by atoms with Crippen molar-refractivity contribution < 1.29 is 9.59 Å². The smallest absolute Gasteiger partial charge is 0.233 e. The lowest BCUT2D eigenvalue weighted by atomic mass is 9.77. The summed E-state index contributed by atoms with van der Waals surface area (Å²) in [5, 5.41) is 0. The molecule has 2 aliphatic rings. The summed E-state index contributed by atoms with van der Waals surface area (Å²) < 4.78 is 0. The number of hydrogen-bond acceptors (Lipinski definition) is 2. The highest BCUT2D eigenvalue weighted by molar-refractivity contribution is 6.00. The van der Waals surface area contributed by atoms with E-state index >= 15 is 0 Å². The molecule has 0 N–H and O–H groups in total. The molecule has 2 saturated heterocycles. The summed E-state index contributed by atoms with van der Waals surface area (Å²) in [5.74, 6) is 0.486. The van der Waals surface area contributed by atoms with E-state index in [0.717, 1.165) is 44.3 Å². The van der Waals surface area contributed by atoms with E-state index < -0.39 is 0 Å². The van der Waals surface area contributed by atoms with Gasteiger partial charge in [0.25, 0.3) is 0 Å². The molecule has 4 heteroatoms. The standard InChI is InChI=1S/C23H34N2O2/c1-5-6-18-7-9-19(10-8-18)25-16-13-23(21(25)27)11-14-24(15-12-23)20(26)17-22(2,3)4/h7-10H,5-6,11-17H2,1-4H3. The fraction of sp³-hybridized carbons (Fsp3) is 0.652. The van der Waals surface area contributed by atoms with E-state index in [1.807, 2.05) is 9.80 Å². The molecular formula is C23H34N2O2. The van der Waals surface area contributed by atoms with Crippen molar-refractivity contribution in [3.63, 3.8) is 0 Å². The zero-order valence-electron chi connectivity index (χ0n) is 17.4. The fourth-order valence-corrected chi connectivity index (χ4v) is 4.41. The van der Waals surface area contributed by atoms with Gasteiger partial charge in [-0.05, 0) is 48.8 Å². The van der Waals surface area contributed by atoms with Gasteiger partial charge in [0.2, 0.25) is 11.8 Å². The molecule has 1 aromatic rings. The maximum atomic E-state index is 13.2. The van der Waals surface area contributed by atoms with Crippen LogP contribution >= 0.6 is 0 Å². The first-order valence-electron chi connectivity index (χ1n) is 10.4. The molecule has 0 aromatic heterocycles. The van der Waals surface area contributed by atoms with E-state index in [4.69, 9.17) is 0 Å². The molecule has 2 fully saturated rings. The van der Waals surface area contributed by atoms with Crippen LogP contribution in [0.2, 0.25) is 0 Å². The van der Waals surface area contributed by atoms with Crippen LogP contribution in [0, 0.1) is 10.8 Å². The van der Waals surface area contributed by atoms with Crippen molar-refractivity contribution in [1.29, 1.82) is 0 Å². The largest absolute Gasteiger partial charge is 0.343 e. The number of carbonyl (C=O) groups excluding carboxylic acids is 2. The van der Waals surface area contributed by atoms with E-state index in [0.29, 0.717) is 19.5 Å². The van der Waals surface area contributed by atoms with Gasteiger partial charge in [0.15, 0.2) is 0 Å². The molecule has 2 heterocycles. The third-order valence-electron chi connectivity index (χ3n) is 6.05. The number of piperidine rings is 1. The third-order valence-corrected chi connectivity index (χ3v) is 6.05. The number of benzene rings is 1. The lowest BCUT2D eigenvalue weighted by Crippen LogP contribution is -2.47. The minimum Gasteiger partial charge on any atom is -0.343 e. The average molecular weight is 371 g/mol. The molecule has 2 aliphatic heterocycles. The van der Waals surface area contributed by atoms with E-state index in [1.165, 1.54) is 5.56 Å². The Morgan fingerprint density at radius 2 is 1.63 bits per heavy atom. The first kappa shape index (κ1) is 19.9. The summed E-state index contributed by atoms with van der Waals surface area (Å²) in [6.07, 6.45) is 5.29. The summed E-state index contributed by atoms with van der Waals surface area (Å²) in [7, 11) is 0. The molecule has 2 amide bonds. The van der Waals surface area contributed by atoms with Crippen LogP contribution in [0.1, 0.15) is 65.4 Å². The van der Waals surface area contributed by atoms with Crippen LogP contribution in [-0.2, 0) is 16.0 Å². The van der Waals surface area contributed by atoms with Gasteiger partial charge in [-0.1, -0.05) is 46.2 Å². The van der Waals surface area contributed by atoms with Gasteiger partial charge in [-0.3, -0.25) is 9.59 Å². The number of rotatable bonds is 4. The van der Waals surface area contributed by atoms with Gasteiger partial charge < -0.3 is 9.80 Å². The van der Waals surface area contributed by atoms with Gasteiger partial charge in [0, 0.05) is 31.7 Å². The topological polar surface area (TPSA) is 40.6 Å². The van der Waals surface area contributed by atoms with Crippen LogP contribution < -0.4 is 4.90 Å². The number of carbonyl (C=O) groups is 2. The maximum Gasteiger partial charge on any atom is 0.233 e. The Kier molecular flexibility index (Phi) is 5.64. The highest BCUT2D eigenvalue weighted by Gasteiger charge is 2.49. The Balaban J connectivity index is 1.62. The molecule has 0 aliphatic carbocycles. The zero-order valence-corrected chi connectivity index (χ0v) is 17.4. The minimum absolute atomic E-state index is 0.0101. The molecular weight excluding hydrogens is 336 g/mol. The van der Waals surface area contributed by atoms with E-state index in [9.17, 15) is 9.59 Å². The average Bonchev–Trinajstić information content (AvgIpc) is 2.92. The van der Waals surface area contributed by atoms with Gasteiger partial charge in [0.05, 0.1) is 5.41 Å². The summed E-state index contributed by atoms with van der Waals surface area (Å²) in [5.41, 5.74) is 2.09. The van der Waals surface area contributed by atoms with Crippen LogP contribution in [0.15, 0.2) is 24.3 Å². The quantitative estimate of drug-likeness (QED) is 0.787. The Labute approximate surface area is 163 Å². The van der Waals surface area contributed by atoms with Crippen molar-refractivity contribution in [2.24, 2.45) is 10.8 Å². The van der Waals surface area contributed by atoms with Crippen molar-refractivity contribution in [2.75, 3.05) is 24.5 Å². The van der Waals surface area contributed by atoms with Gasteiger partial charge in [0.1, 0.15) is 0 Å². The Bertz CT molecular complexity index is 679. The monoisotopic (exact) mass is 370 g/mol. The molecule has 0 atom stereocenters. The number of hydrogen-bond donors (Lipinski definition) is 0. The first-order valence-corrected chi connectivity index (χ1v) is 10.4. The molecule has 1 aromatic carbocycles. The number of nitrogens with zero attached hydrogens (tertiary/aromatic N) is 2. The molecule has 3 rings (SSSR count). The molecule has 0 bridgehead atoms. The third kappa shape index (κ3) is 4.36. The maximum absolute atomic E-state index is 13.2. The zero-order chi connectivity index (χ0) is 19.7. The second kappa shape index (κ2) is 7.65. The first-order chi connectivity index (χ1) is 12.7. The normalized spacial score (nSPS) is 19.8. The molecule has 1 spiro atoms. The Hall–Kier alpha value is -1.84. The number of aryl methyl sites for hydroxylation is 1. The van der Waals surface area contributed by atoms with Gasteiger partial charge in [-0.2, -0.15) is 0 Å². The van der Waals surface area contributed by atoms with Crippen molar-refractivity contribution in [2.45, 2.75) is 66.2 Å². The number of likely N-dealkylation sites (tertiary alicyclic amines) is 1. The van der Waals surface area contributed by atoms with Gasteiger partial charge >= 0.3 is 0 Å². The van der Waals surface area contributed by atoms with Crippen LogP contribution in [0.5, 0.6) is 0 Å². The summed E-state index contributed by atoms with van der Waals surface area (Å²) in [6.45, 7) is 10.7. The molecule has 0 saturated carbocycles. The van der Waals surface area contributed by atoms with Crippen molar-refractivity contribution in [1.82, 2.24) is 4.90 Å². The highest BCUT2D eigenvalue weighted by Crippen LogP contribution is 2.43. The molecule has 27 heavy (non-hydrogen) atoms. The lowest BCUT2D eigenvalue weighted by Gasteiger charge is -2.38. The highest BCUT2D eigenvalue weighted by atomic mass is 16.2. The predicted octanol–water partition coefficient (Wildman–Crippen LogP) is 4.42. The summed E-state index contributed by atoms with van der Waals surface area (Å²) in [4.78, 5) is 29.6. The number of anilines is 1. The van der Waals surface area contributed by atoms with Crippen LogP contribution in [0.3, 0.4) is 0 Å². The predicted molar refractivity (Wildman–Crippen MR) is 110 cm³/mol. The lowest BCUT2D eigenvalue weighted by molar-refractivity contribution is -0.139. The van der Waals surface area contributed by atoms with Gasteiger partial charge in [-0.25, -0.2) is 0 Å². The van der Waals surface area contributed by atoms with Crippen molar-refractivity contribution in [3.8, 4) is 0 Å². The SMILES string of the molecule is CCCc1ccc(N2CCC3(CCN(C(=O)CC(C)(C)C)CC3)C2=O)cc1. The fourth-order valence-electron chi connectivity index (χ4n) is 4.41. The van der Waals surface area contributed by atoms with E-state index in [2.05, 4.69) is 52.0 Å². The summed E-state index contributed by atoms with van der Waals surface area (Å²) in [6, 6.07) is 8.46. The van der Waals surface area contributed by atoms with Crippen molar-refractivity contribution in [3.05, 3.63) is 29.8 Å². The second-order valence-corrected chi connectivity index (χ2v) is 9.52. The Morgan fingerprint density at radius 1 is 1.04 bits per heavy atom. The van der Waals surface area contributed by atoms with Crippen LogP contribution in [0.25, 0.3) is 0 Å². The summed E-state index contributed by atoms with van der Waals surface area (Å²) >= 11 is 0. The molecule has 4 nitrogen and oxygen atoms in total. The number of amides is 2. The van der Waals surface area contributed by atoms with Crippen LogP contribution in [0.4, 0.5) is 5.69 Å². The van der Waals surface area contributed by atoms with E-state index in [-0.39, 0.29) is 22.6 Å².